The molecule has 0 spiro atoms. The van der Waals surface area contributed by atoms with Crippen molar-refractivity contribution in [3.63, 3.8) is 0 Å². The Bertz CT molecular complexity index is 3240. The van der Waals surface area contributed by atoms with Crippen LogP contribution < -0.4 is 0 Å². The van der Waals surface area contributed by atoms with Crippen molar-refractivity contribution in [3.8, 4) is 67.3 Å². The molecule has 0 saturated heterocycles. The lowest BCUT2D eigenvalue weighted by molar-refractivity contribution is 0.670. The first-order valence-electron chi connectivity index (χ1n) is 18.8. The monoisotopic (exact) mass is 732 g/mol. The fraction of sp³-hybridized carbons (Fsp3) is 0. The Labute approximate surface area is 327 Å². The molecule has 262 valence electrons. The van der Waals surface area contributed by atoms with Gasteiger partial charge in [-0.3, -0.25) is 0 Å². The number of para-hydroxylation sites is 2. The van der Waals surface area contributed by atoms with Crippen molar-refractivity contribution in [3.05, 3.63) is 194 Å². The molecule has 11 rings (SSSR count). The fourth-order valence-corrected chi connectivity index (χ4v) is 9.20. The molecule has 0 aliphatic heterocycles. The minimum absolute atomic E-state index is 0.684. The SMILES string of the molecule is c1ccc(-c2cc(-c3cc(-c4ccc(-c5cccc6c5sc5ccccc56)cc4)nc(-c4ccccc4)n3)cc(-c3cccc4c3oc3ccccc34)c2)cc1. The van der Waals surface area contributed by atoms with Gasteiger partial charge in [0.25, 0.3) is 0 Å². The first kappa shape index (κ1) is 32.3. The first-order chi connectivity index (χ1) is 27.7. The molecule has 0 fully saturated rings. The van der Waals surface area contributed by atoms with E-state index in [-0.39, 0.29) is 0 Å². The summed E-state index contributed by atoms with van der Waals surface area (Å²) in [7, 11) is 0. The van der Waals surface area contributed by atoms with Crippen molar-refractivity contribution >= 4 is 53.4 Å². The summed E-state index contributed by atoms with van der Waals surface area (Å²) in [6.45, 7) is 0. The lowest BCUT2D eigenvalue weighted by atomic mass is 9.93. The summed E-state index contributed by atoms with van der Waals surface area (Å²) < 4.78 is 9.16. The van der Waals surface area contributed by atoms with E-state index in [1.165, 1.54) is 31.3 Å². The van der Waals surface area contributed by atoms with E-state index in [0.717, 1.165) is 72.3 Å². The van der Waals surface area contributed by atoms with Crippen LogP contribution in [0.5, 0.6) is 0 Å². The zero-order valence-electron chi connectivity index (χ0n) is 30.2. The van der Waals surface area contributed by atoms with Gasteiger partial charge >= 0.3 is 0 Å². The fourth-order valence-electron chi connectivity index (χ4n) is 7.96. The van der Waals surface area contributed by atoms with Crippen molar-refractivity contribution in [2.45, 2.75) is 0 Å². The Morgan fingerprint density at radius 1 is 0.357 bits per heavy atom. The molecule has 8 aromatic carbocycles. The average Bonchev–Trinajstić information content (AvgIpc) is 3.86. The lowest BCUT2D eigenvalue weighted by Gasteiger charge is -2.14. The molecule has 3 heterocycles. The largest absolute Gasteiger partial charge is 0.455 e. The maximum atomic E-state index is 6.54. The van der Waals surface area contributed by atoms with Crippen LogP contribution in [0.2, 0.25) is 0 Å². The summed E-state index contributed by atoms with van der Waals surface area (Å²) in [5.41, 5.74) is 13.3. The summed E-state index contributed by atoms with van der Waals surface area (Å²) in [5.74, 6) is 0.684. The van der Waals surface area contributed by atoms with Crippen molar-refractivity contribution in [1.82, 2.24) is 9.97 Å². The molecule has 0 amide bonds. The van der Waals surface area contributed by atoms with E-state index in [4.69, 9.17) is 14.4 Å². The van der Waals surface area contributed by atoms with Gasteiger partial charge in [0.05, 0.1) is 11.4 Å². The summed E-state index contributed by atoms with van der Waals surface area (Å²) in [5, 5.41) is 4.83. The van der Waals surface area contributed by atoms with Gasteiger partial charge in [-0.05, 0) is 64.2 Å². The van der Waals surface area contributed by atoms with Crippen LogP contribution in [0, 0.1) is 0 Å². The third-order valence-corrected chi connectivity index (χ3v) is 11.9. The topological polar surface area (TPSA) is 38.9 Å². The molecule has 0 N–H and O–H groups in total. The van der Waals surface area contributed by atoms with E-state index in [2.05, 4.69) is 164 Å². The van der Waals surface area contributed by atoms with E-state index in [1.54, 1.807) is 0 Å². The van der Waals surface area contributed by atoms with Crippen molar-refractivity contribution in [2.24, 2.45) is 0 Å². The van der Waals surface area contributed by atoms with Crippen molar-refractivity contribution < 1.29 is 4.42 Å². The number of fused-ring (bicyclic) bond motifs is 6. The quantitative estimate of drug-likeness (QED) is 0.171. The number of benzene rings is 8. The molecule has 0 radical (unpaired) electrons. The van der Waals surface area contributed by atoms with Crippen LogP contribution in [0.25, 0.3) is 109 Å². The molecule has 0 unspecified atom stereocenters. The highest BCUT2D eigenvalue weighted by Crippen LogP contribution is 2.42. The molecule has 11 aromatic rings. The molecular weight excluding hydrogens is 701 g/mol. The minimum atomic E-state index is 0.684. The highest BCUT2D eigenvalue weighted by Gasteiger charge is 2.17. The van der Waals surface area contributed by atoms with Crippen LogP contribution in [-0.2, 0) is 0 Å². The highest BCUT2D eigenvalue weighted by atomic mass is 32.1. The lowest BCUT2D eigenvalue weighted by Crippen LogP contribution is -1.96. The van der Waals surface area contributed by atoms with Crippen LogP contribution >= 0.6 is 11.3 Å². The molecule has 0 bridgehead atoms. The third-order valence-electron chi connectivity index (χ3n) is 10.7. The Morgan fingerprint density at radius 2 is 0.946 bits per heavy atom. The maximum Gasteiger partial charge on any atom is 0.160 e. The molecule has 56 heavy (non-hydrogen) atoms. The van der Waals surface area contributed by atoms with Crippen molar-refractivity contribution in [1.29, 1.82) is 0 Å². The van der Waals surface area contributed by atoms with E-state index in [9.17, 15) is 0 Å². The normalized spacial score (nSPS) is 11.6. The highest BCUT2D eigenvalue weighted by molar-refractivity contribution is 7.26. The van der Waals surface area contributed by atoms with Crippen LogP contribution in [0.15, 0.2) is 199 Å². The van der Waals surface area contributed by atoms with Gasteiger partial charge in [-0.25, -0.2) is 9.97 Å². The number of thiophene rings is 1. The second-order valence-corrected chi connectivity index (χ2v) is 15.2. The molecule has 0 aliphatic rings. The molecule has 3 nitrogen and oxygen atoms in total. The smallest absolute Gasteiger partial charge is 0.160 e. The number of nitrogens with zero attached hydrogens (tertiary/aromatic N) is 2. The van der Waals surface area contributed by atoms with Gasteiger partial charge in [0.1, 0.15) is 11.2 Å². The number of furan rings is 1. The van der Waals surface area contributed by atoms with E-state index in [0.29, 0.717) is 5.82 Å². The maximum absolute atomic E-state index is 6.54. The van der Waals surface area contributed by atoms with Gasteiger partial charge in [-0.2, -0.15) is 0 Å². The summed E-state index contributed by atoms with van der Waals surface area (Å²) in [6, 6.07) is 68.5. The Kier molecular flexibility index (Phi) is 7.68. The predicted octanol–water partition coefficient (Wildman–Crippen LogP) is 14.7. The first-order valence-corrected chi connectivity index (χ1v) is 19.6. The van der Waals surface area contributed by atoms with Crippen LogP contribution in [0.3, 0.4) is 0 Å². The van der Waals surface area contributed by atoms with Gasteiger partial charge in [0, 0.05) is 53.2 Å². The number of aromatic nitrogens is 2. The zero-order valence-corrected chi connectivity index (χ0v) is 31.0. The van der Waals surface area contributed by atoms with Crippen LogP contribution in [-0.4, -0.2) is 9.97 Å². The standard InChI is InChI=1S/C52H32N2OS/c1-3-13-33(14-4-1)37-29-38(40-19-11-21-44-42-17-7-9-23-48(42)55-50(40)44)31-39(30-37)47-32-46(53-52(54-47)36-15-5-2-6-16-36)35-27-25-34(26-28-35)41-20-12-22-45-43-18-8-10-24-49(43)56-51(41)45/h1-32H. The second-order valence-electron chi connectivity index (χ2n) is 14.1. The molecule has 0 saturated carbocycles. The van der Waals surface area contributed by atoms with Gasteiger partial charge < -0.3 is 4.42 Å². The summed E-state index contributed by atoms with van der Waals surface area (Å²) in [6.07, 6.45) is 0. The number of hydrogen-bond donors (Lipinski definition) is 0. The van der Waals surface area contributed by atoms with E-state index in [1.807, 2.05) is 41.7 Å². The zero-order chi connectivity index (χ0) is 37.0. The molecule has 3 aromatic heterocycles. The van der Waals surface area contributed by atoms with Gasteiger partial charge in [-0.15, -0.1) is 11.3 Å². The van der Waals surface area contributed by atoms with Gasteiger partial charge in [0.15, 0.2) is 5.82 Å². The van der Waals surface area contributed by atoms with Crippen molar-refractivity contribution in [2.75, 3.05) is 0 Å². The predicted molar refractivity (Wildman–Crippen MR) is 235 cm³/mol. The van der Waals surface area contributed by atoms with Gasteiger partial charge in [0.2, 0.25) is 0 Å². The Balaban J connectivity index is 1.08. The van der Waals surface area contributed by atoms with Crippen LogP contribution in [0.1, 0.15) is 0 Å². The van der Waals surface area contributed by atoms with E-state index < -0.39 is 0 Å². The van der Waals surface area contributed by atoms with Crippen LogP contribution in [0.4, 0.5) is 0 Å². The average molecular weight is 733 g/mol. The second kappa shape index (κ2) is 13.3. The Hall–Kier alpha value is -7.14. The Morgan fingerprint density at radius 3 is 1.75 bits per heavy atom. The summed E-state index contributed by atoms with van der Waals surface area (Å²) in [4.78, 5) is 10.4. The summed E-state index contributed by atoms with van der Waals surface area (Å²) >= 11 is 1.86. The third kappa shape index (κ3) is 5.58. The molecule has 0 aliphatic carbocycles. The molecular formula is C52H32N2OS. The van der Waals surface area contributed by atoms with E-state index >= 15 is 0 Å². The minimum Gasteiger partial charge on any atom is -0.455 e. The number of hydrogen-bond acceptors (Lipinski definition) is 4. The van der Waals surface area contributed by atoms with Gasteiger partial charge in [-0.1, -0.05) is 158 Å². The molecule has 4 heteroatoms. The number of rotatable bonds is 6. The molecule has 0 atom stereocenters.